The van der Waals surface area contributed by atoms with E-state index in [1.807, 2.05) is 31.2 Å². The Hall–Kier alpha value is -1.77. The zero-order valence-electron chi connectivity index (χ0n) is 13.5. The quantitative estimate of drug-likeness (QED) is 0.564. The Kier molecular flexibility index (Phi) is 4.70. The molecule has 0 aliphatic heterocycles. The number of nitrogens with one attached hydrogen (secondary N) is 1. The number of rotatable bonds is 6. The van der Waals surface area contributed by atoms with E-state index >= 15 is 0 Å². The second-order valence-electron chi connectivity index (χ2n) is 6.26. The molecule has 0 spiro atoms. The van der Waals surface area contributed by atoms with Gasteiger partial charge in [0, 0.05) is 28.1 Å². The van der Waals surface area contributed by atoms with E-state index in [-0.39, 0.29) is 22.0 Å². The number of nitrogens with zero attached hydrogens (tertiary/aromatic N) is 1. The van der Waals surface area contributed by atoms with Crippen LogP contribution in [0, 0.1) is 10.1 Å². The van der Waals surface area contributed by atoms with Gasteiger partial charge in [0.1, 0.15) is 0 Å². The van der Waals surface area contributed by atoms with Gasteiger partial charge in [-0.05, 0) is 49.6 Å². The van der Waals surface area contributed by atoms with Crippen molar-refractivity contribution in [1.82, 2.24) is 4.72 Å². The lowest BCUT2D eigenvalue weighted by Crippen LogP contribution is -2.41. The van der Waals surface area contributed by atoms with Crippen LogP contribution < -0.4 is 4.72 Å². The lowest BCUT2D eigenvalue weighted by Gasteiger charge is -2.25. The topological polar surface area (TPSA) is 89.3 Å². The zero-order valence-corrected chi connectivity index (χ0v) is 15.9. The van der Waals surface area contributed by atoms with Crippen molar-refractivity contribution in [1.29, 1.82) is 0 Å². The molecule has 0 bridgehead atoms. The molecule has 6 nitrogen and oxygen atoms in total. The average molecular weight is 425 g/mol. The predicted molar refractivity (Wildman–Crippen MR) is 97.9 cm³/mol. The number of hydrogen-bond acceptors (Lipinski definition) is 4. The fraction of sp³-hybridized carbons (Fsp3) is 0.294. The van der Waals surface area contributed by atoms with Crippen molar-refractivity contribution in [3.8, 4) is 0 Å². The van der Waals surface area contributed by atoms with Gasteiger partial charge in [0.15, 0.2) is 0 Å². The van der Waals surface area contributed by atoms with Gasteiger partial charge in [-0.25, -0.2) is 13.1 Å². The largest absolute Gasteiger partial charge is 0.269 e. The van der Waals surface area contributed by atoms with Gasteiger partial charge in [0.2, 0.25) is 10.0 Å². The summed E-state index contributed by atoms with van der Waals surface area (Å²) in [6, 6.07) is 12.5. The van der Waals surface area contributed by atoms with Gasteiger partial charge in [-0.2, -0.15) is 0 Å². The Balaban J connectivity index is 1.80. The van der Waals surface area contributed by atoms with Crippen molar-refractivity contribution >= 4 is 31.6 Å². The number of sulfonamides is 1. The van der Waals surface area contributed by atoms with Crippen LogP contribution in [-0.4, -0.2) is 19.4 Å². The third-order valence-electron chi connectivity index (χ3n) is 4.73. The second kappa shape index (κ2) is 6.51. The standard InChI is InChI=1S/C17H17BrN2O4S/c1-12(17(10-11-17)13-2-4-14(18)5-3-13)19-25(23,24)16-8-6-15(7-9-16)20(21)22/h2-9,12,19H,10-11H2,1H3. The lowest BCUT2D eigenvalue weighted by molar-refractivity contribution is -0.384. The van der Waals surface area contributed by atoms with Crippen molar-refractivity contribution < 1.29 is 13.3 Å². The van der Waals surface area contributed by atoms with Crippen LogP contribution in [0.25, 0.3) is 0 Å². The van der Waals surface area contributed by atoms with E-state index in [4.69, 9.17) is 0 Å². The third kappa shape index (κ3) is 3.61. The molecule has 0 heterocycles. The first-order valence-electron chi connectivity index (χ1n) is 7.77. The molecule has 2 aromatic carbocycles. The van der Waals surface area contributed by atoms with Crippen LogP contribution >= 0.6 is 15.9 Å². The summed E-state index contributed by atoms with van der Waals surface area (Å²) in [5.74, 6) is 0. The summed E-state index contributed by atoms with van der Waals surface area (Å²) in [4.78, 5) is 10.2. The molecular weight excluding hydrogens is 408 g/mol. The molecule has 0 amide bonds. The molecule has 1 aliphatic carbocycles. The van der Waals surface area contributed by atoms with E-state index in [1.54, 1.807) is 0 Å². The highest BCUT2D eigenvalue weighted by Crippen LogP contribution is 2.51. The molecule has 0 saturated heterocycles. The molecule has 1 unspecified atom stereocenters. The van der Waals surface area contributed by atoms with Gasteiger partial charge in [-0.15, -0.1) is 0 Å². The minimum absolute atomic E-state index is 0.0246. The zero-order chi connectivity index (χ0) is 18.2. The lowest BCUT2D eigenvalue weighted by atomic mass is 9.90. The molecule has 1 aliphatic rings. The molecule has 2 aromatic rings. The summed E-state index contributed by atoms with van der Waals surface area (Å²) in [7, 11) is -3.74. The molecule has 25 heavy (non-hydrogen) atoms. The number of halogens is 1. The highest BCUT2D eigenvalue weighted by Gasteiger charge is 2.49. The van der Waals surface area contributed by atoms with Crippen LogP contribution in [-0.2, 0) is 15.4 Å². The van der Waals surface area contributed by atoms with E-state index in [9.17, 15) is 18.5 Å². The average Bonchev–Trinajstić information content (AvgIpc) is 3.37. The minimum Gasteiger partial charge on any atom is -0.258 e. The summed E-state index contributed by atoms with van der Waals surface area (Å²) >= 11 is 3.41. The third-order valence-corrected chi connectivity index (χ3v) is 6.81. The Labute approximate surface area is 154 Å². The van der Waals surface area contributed by atoms with Crippen molar-refractivity contribution in [3.63, 3.8) is 0 Å². The van der Waals surface area contributed by atoms with Gasteiger partial charge in [0.25, 0.3) is 5.69 Å². The number of hydrogen-bond donors (Lipinski definition) is 1. The normalized spacial score (nSPS) is 17.0. The summed E-state index contributed by atoms with van der Waals surface area (Å²) in [5, 5.41) is 10.7. The Morgan fingerprint density at radius 2 is 1.68 bits per heavy atom. The molecule has 1 saturated carbocycles. The van der Waals surface area contributed by atoms with Crippen molar-refractivity contribution in [2.75, 3.05) is 0 Å². The van der Waals surface area contributed by atoms with Gasteiger partial charge in [-0.1, -0.05) is 28.1 Å². The minimum atomic E-state index is -3.74. The van der Waals surface area contributed by atoms with Crippen molar-refractivity contribution in [2.45, 2.75) is 36.1 Å². The molecular formula is C17H17BrN2O4S. The van der Waals surface area contributed by atoms with Crippen molar-refractivity contribution in [3.05, 3.63) is 68.7 Å². The maximum absolute atomic E-state index is 12.6. The molecule has 0 radical (unpaired) electrons. The Bertz CT molecular complexity index is 891. The molecule has 0 aromatic heterocycles. The van der Waals surface area contributed by atoms with Crippen LogP contribution in [0.15, 0.2) is 57.9 Å². The smallest absolute Gasteiger partial charge is 0.258 e. The highest BCUT2D eigenvalue weighted by atomic mass is 79.9. The Morgan fingerprint density at radius 3 is 2.16 bits per heavy atom. The van der Waals surface area contributed by atoms with E-state index in [2.05, 4.69) is 20.7 Å². The van der Waals surface area contributed by atoms with E-state index in [0.29, 0.717) is 0 Å². The van der Waals surface area contributed by atoms with Crippen LogP contribution in [0.2, 0.25) is 0 Å². The molecule has 132 valence electrons. The molecule has 1 atom stereocenters. The monoisotopic (exact) mass is 424 g/mol. The van der Waals surface area contributed by atoms with Crippen LogP contribution in [0.4, 0.5) is 5.69 Å². The maximum Gasteiger partial charge on any atom is 0.269 e. The fourth-order valence-corrected chi connectivity index (χ4v) is 4.63. The van der Waals surface area contributed by atoms with E-state index in [0.717, 1.165) is 22.9 Å². The fourth-order valence-electron chi connectivity index (χ4n) is 3.05. The number of nitro benzene ring substituents is 1. The van der Waals surface area contributed by atoms with Crippen LogP contribution in [0.1, 0.15) is 25.3 Å². The predicted octanol–water partition coefficient (Wildman–Crippen LogP) is 3.76. The summed E-state index contributed by atoms with van der Waals surface area (Å²) in [6.07, 6.45) is 1.83. The summed E-state index contributed by atoms with van der Waals surface area (Å²) in [6.45, 7) is 1.86. The molecule has 8 heteroatoms. The van der Waals surface area contributed by atoms with Crippen molar-refractivity contribution in [2.24, 2.45) is 0 Å². The van der Waals surface area contributed by atoms with Crippen LogP contribution in [0.5, 0.6) is 0 Å². The number of benzene rings is 2. The van der Waals surface area contributed by atoms with E-state index in [1.165, 1.54) is 24.3 Å². The summed E-state index contributed by atoms with van der Waals surface area (Å²) in [5.41, 5.74) is 0.768. The van der Waals surface area contributed by atoms with Gasteiger partial charge >= 0.3 is 0 Å². The number of nitro groups is 1. The summed E-state index contributed by atoms with van der Waals surface area (Å²) < 4.78 is 28.9. The number of non-ortho nitro benzene ring substituents is 1. The first-order valence-corrected chi connectivity index (χ1v) is 10.1. The SMILES string of the molecule is CC(NS(=O)(=O)c1ccc([N+](=O)[O-])cc1)C1(c2ccc(Br)cc2)CC1. The molecule has 1 N–H and O–H groups in total. The second-order valence-corrected chi connectivity index (χ2v) is 8.89. The van der Waals surface area contributed by atoms with Gasteiger partial charge in [0.05, 0.1) is 9.82 Å². The van der Waals surface area contributed by atoms with Gasteiger partial charge < -0.3 is 0 Å². The first kappa shape index (κ1) is 18.0. The maximum atomic E-state index is 12.6. The van der Waals surface area contributed by atoms with E-state index < -0.39 is 14.9 Å². The first-order chi connectivity index (χ1) is 11.7. The Morgan fingerprint density at radius 1 is 1.12 bits per heavy atom. The van der Waals surface area contributed by atoms with Gasteiger partial charge in [-0.3, -0.25) is 10.1 Å². The molecule has 3 rings (SSSR count). The molecule has 1 fully saturated rings. The van der Waals surface area contributed by atoms with Crippen LogP contribution in [0.3, 0.4) is 0 Å². The highest BCUT2D eigenvalue weighted by molar-refractivity contribution is 9.10.